The molecule has 6 nitrogen and oxygen atoms in total. The molecule has 5 N–H and O–H groups in total. The van der Waals surface area contributed by atoms with Crippen molar-refractivity contribution in [2.45, 2.75) is 24.5 Å². The summed E-state index contributed by atoms with van der Waals surface area (Å²) in [6, 6.07) is 0. The molecule has 4 atom stereocenters. The Morgan fingerprint density at radius 2 is 2.07 bits per heavy atom. The van der Waals surface area contributed by atoms with Gasteiger partial charge in [0, 0.05) is 5.41 Å². The van der Waals surface area contributed by atoms with Crippen LogP contribution in [0.3, 0.4) is 0 Å². The van der Waals surface area contributed by atoms with E-state index in [1.807, 2.05) is 0 Å². The van der Waals surface area contributed by atoms with Crippen LogP contribution in [0.4, 0.5) is 0 Å². The first-order valence-electron chi connectivity index (χ1n) is 4.02. The van der Waals surface area contributed by atoms with Crippen molar-refractivity contribution < 1.29 is 25.2 Å². The molecule has 0 aromatic rings. The van der Waals surface area contributed by atoms with Crippen LogP contribution in [0.5, 0.6) is 0 Å². The van der Waals surface area contributed by atoms with E-state index in [2.05, 4.69) is 17.9 Å². The summed E-state index contributed by atoms with van der Waals surface area (Å²) in [6.07, 6.45) is -4.19. The SMILES string of the molecule is OC[C@@H]1O[C@H](N/C(O)=C\S)[C@H](O)[C@H]1O. The van der Waals surface area contributed by atoms with Crippen LogP contribution in [-0.4, -0.2) is 51.6 Å². The maximum atomic E-state index is 9.39. The second-order valence-electron chi connectivity index (χ2n) is 2.92. The quantitative estimate of drug-likeness (QED) is 0.252. The van der Waals surface area contributed by atoms with Crippen LogP contribution in [0.1, 0.15) is 0 Å². The summed E-state index contributed by atoms with van der Waals surface area (Å²) in [5, 5.41) is 39.9. The van der Waals surface area contributed by atoms with Crippen molar-refractivity contribution in [3.63, 3.8) is 0 Å². The average molecular weight is 223 g/mol. The summed E-state index contributed by atoms with van der Waals surface area (Å²) in [5.74, 6) is -0.289. The number of hydrogen-bond acceptors (Lipinski definition) is 7. The Morgan fingerprint density at radius 1 is 1.43 bits per heavy atom. The van der Waals surface area contributed by atoms with Crippen molar-refractivity contribution in [3.05, 3.63) is 11.3 Å². The zero-order valence-corrected chi connectivity index (χ0v) is 8.13. The number of rotatable bonds is 3. The topological polar surface area (TPSA) is 102 Å². The largest absolute Gasteiger partial charge is 0.494 e. The van der Waals surface area contributed by atoms with E-state index in [9.17, 15) is 10.2 Å². The molecule has 1 aliphatic rings. The number of thiol groups is 1. The van der Waals surface area contributed by atoms with Gasteiger partial charge in [-0.2, -0.15) is 0 Å². The minimum atomic E-state index is -1.21. The summed E-state index contributed by atoms with van der Waals surface area (Å²) in [5.41, 5.74) is 0. The van der Waals surface area contributed by atoms with Gasteiger partial charge in [0.1, 0.15) is 18.3 Å². The summed E-state index contributed by atoms with van der Waals surface area (Å²) < 4.78 is 5.01. The Labute approximate surface area is 86.2 Å². The van der Waals surface area contributed by atoms with Crippen molar-refractivity contribution >= 4 is 12.6 Å². The second kappa shape index (κ2) is 4.85. The maximum absolute atomic E-state index is 9.39. The van der Waals surface area contributed by atoms with E-state index in [0.29, 0.717) is 0 Å². The monoisotopic (exact) mass is 223 g/mol. The predicted octanol–water partition coefficient (Wildman–Crippen LogP) is -1.70. The molecule has 0 aliphatic carbocycles. The predicted molar refractivity (Wildman–Crippen MR) is 50.6 cm³/mol. The normalized spacial score (nSPS) is 38.7. The second-order valence-corrected chi connectivity index (χ2v) is 3.18. The molecule has 0 aromatic heterocycles. The number of nitrogens with one attached hydrogen (secondary N) is 1. The molecule has 0 saturated carbocycles. The molecule has 0 aromatic carbocycles. The number of hydrogen-bond donors (Lipinski definition) is 6. The molecule has 0 unspecified atom stereocenters. The van der Waals surface area contributed by atoms with Crippen molar-refractivity contribution in [2.75, 3.05) is 6.61 Å². The molecule has 82 valence electrons. The van der Waals surface area contributed by atoms with Crippen LogP contribution in [0.15, 0.2) is 11.3 Å². The van der Waals surface area contributed by atoms with Crippen LogP contribution >= 0.6 is 12.6 Å². The van der Waals surface area contributed by atoms with Gasteiger partial charge in [-0.3, -0.25) is 0 Å². The van der Waals surface area contributed by atoms with E-state index in [-0.39, 0.29) is 5.88 Å². The fourth-order valence-corrected chi connectivity index (χ4v) is 1.28. The maximum Gasteiger partial charge on any atom is 0.192 e. The fourth-order valence-electron chi connectivity index (χ4n) is 1.20. The van der Waals surface area contributed by atoms with E-state index in [1.54, 1.807) is 0 Å². The van der Waals surface area contributed by atoms with Gasteiger partial charge in [-0.15, -0.1) is 12.6 Å². The molecule has 7 heteroatoms. The average Bonchev–Trinajstić information content (AvgIpc) is 2.45. The minimum Gasteiger partial charge on any atom is -0.494 e. The summed E-state index contributed by atoms with van der Waals surface area (Å²) in [7, 11) is 0. The molecule has 14 heavy (non-hydrogen) atoms. The highest BCUT2D eigenvalue weighted by molar-refractivity contribution is 7.83. The summed E-state index contributed by atoms with van der Waals surface area (Å²) >= 11 is 3.66. The standard InChI is InChI=1S/C7H13NO5S/c9-1-3-5(11)6(12)7(13-3)8-4(10)2-14/h2-3,5-12,14H,1H2/b4-2+/t3-,5-,6+,7-/m0/s1. The molecule has 0 amide bonds. The van der Waals surface area contributed by atoms with Gasteiger partial charge in [0.15, 0.2) is 12.1 Å². The van der Waals surface area contributed by atoms with Gasteiger partial charge in [-0.1, -0.05) is 0 Å². The van der Waals surface area contributed by atoms with Gasteiger partial charge in [0.25, 0.3) is 0 Å². The summed E-state index contributed by atoms with van der Waals surface area (Å²) in [6.45, 7) is -0.401. The molecule has 0 bridgehead atoms. The van der Waals surface area contributed by atoms with Crippen molar-refractivity contribution in [1.82, 2.24) is 5.32 Å². The fraction of sp³-hybridized carbons (Fsp3) is 0.714. The Balaban J connectivity index is 2.56. The lowest BCUT2D eigenvalue weighted by atomic mass is 10.1. The molecule has 1 fully saturated rings. The first-order valence-corrected chi connectivity index (χ1v) is 4.54. The van der Waals surface area contributed by atoms with Gasteiger partial charge in [0.05, 0.1) is 6.61 Å². The molecule has 1 saturated heterocycles. The van der Waals surface area contributed by atoms with E-state index in [0.717, 1.165) is 5.41 Å². The number of ether oxygens (including phenoxy) is 1. The van der Waals surface area contributed by atoms with Crippen LogP contribution in [-0.2, 0) is 4.74 Å². The van der Waals surface area contributed by atoms with Gasteiger partial charge < -0.3 is 30.5 Å². The smallest absolute Gasteiger partial charge is 0.192 e. The van der Waals surface area contributed by atoms with Crippen LogP contribution in [0.25, 0.3) is 0 Å². The highest BCUT2D eigenvalue weighted by atomic mass is 32.1. The molecule has 1 aliphatic heterocycles. The Morgan fingerprint density at radius 3 is 2.50 bits per heavy atom. The number of aliphatic hydroxyl groups excluding tert-OH is 4. The van der Waals surface area contributed by atoms with Gasteiger partial charge in [-0.05, 0) is 0 Å². The molecule has 0 spiro atoms. The Hall–Kier alpha value is -0.470. The van der Waals surface area contributed by atoms with Gasteiger partial charge in [0.2, 0.25) is 0 Å². The molecule has 1 rings (SSSR count). The van der Waals surface area contributed by atoms with Crippen molar-refractivity contribution in [3.8, 4) is 0 Å². The molecule has 1 heterocycles. The first kappa shape index (κ1) is 11.6. The van der Waals surface area contributed by atoms with E-state index >= 15 is 0 Å². The van der Waals surface area contributed by atoms with Crippen LogP contribution in [0, 0.1) is 0 Å². The molecule has 0 radical (unpaired) electrons. The summed E-state index contributed by atoms with van der Waals surface area (Å²) in [4.78, 5) is 0. The van der Waals surface area contributed by atoms with Crippen LogP contribution in [0.2, 0.25) is 0 Å². The zero-order valence-electron chi connectivity index (χ0n) is 7.24. The van der Waals surface area contributed by atoms with Gasteiger partial charge in [-0.25, -0.2) is 0 Å². The molecular formula is C7H13NO5S. The van der Waals surface area contributed by atoms with Gasteiger partial charge >= 0.3 is 0 Å². The lowest BCUT2D eigenvalue weighted by Gasteiger charge is -2.16. The Kier molecular flexibility index (Phi) is 4.02. The highest BCUT2D eigenvalue weighted by Crippen LogP contribution is 2.19. The lowest BCUT2D eigenvalue weighted by Crippen LogP contribution is -2.40. The molecular weight excluding hydrogens is 210 g/mol. The minimum absolute atomic E-state index is 0.289. The third kappa shape index (κ3) is 2.31. The first-order chi connectivity index (χ1) is 6.60. The van der Waals surface area contributed by atoms with E-state index in [1.165, 1.54) is 0 Å². The third-order valence-corrected chi connectivity index (χ3v) is 2.20. The lowest BCUT2D eigenvalue weighted by molar-refractivity contribution is -0.0334. The Bertz CT molecular complexity index is 224. The van der Waals surface area contributed by atoms with Crippen molar-refractivity contribution in [1.29, 1.82) is 0 Å². The van der Waals surface area contributed by atoms with E-state index in [4.69, 9.17) is 14.9 Å². The highest BCUT2D eigenvalue weighted by Gasteiger charge is 2.42. The zero-order chi connectivity index (χ0) is 10.7. The van der Waals surface area contributed by atoms with E-state index < -0.39 is 31.1 Å². The third-order valence-electron chi connectivity index (χ3n) is 1.95. The number of aliphatic hydroxyl groups is 4. The van der Waals surface area contributed by atoms with Crippen molar-refractivity contribution in [2.24, 2.45) is 0 Å². The van der Waals surface area contributed by atoms with Crippen LogP contribution < -0.4 is 5.32 Å².